The first-order valence-corrected chi connectivity index (χ1v) is 9.47. The van der Waals surface area contributed by atoms with Crippen molar-refractivity contribution < 1.29 is 14.2 Å². The molecule has 0 aromatic heterocycles. The highest BCUT2D eigenvalue weighted by atomic mass is 16.5. The maximum absolute atomic E-state index is 5.33. The van der Waals surface area contributed by atoms with Gasteiger partial charge in [0.2, 0.25) is 0 Å². The lowest BCUT2D eigenvalue weighted by molar-refractivity contribution is 0.414. The molecule has 0 N–H and O–H groups in total. The molecule has 3 aromatic rings. The van der Waals surface area contributed by atoms with Crippen molar-refractivity contribution in [3.05, 3.63) is 83.9 Å². The number of anilines is 1. The molecular weight excluding hydrogens is 364 g/mol. The zero-order chi connectivity index (χ0) is 20.2. The quantitative estimate of drug-likeness (QED) is 0.593. The summed E-state index contributed by atoms with van der Waals surface area (Å²) in [4.78, 5) is 7.06. The molecule has 3 aromatic carbocycles. The van der Waals surface area contributed by atoms with Crippen molar-refractivity contribution >= 4 is 12.0 Å². The Morgan fingerprint density at radius 1 is 0.621 bits per heavy atom. The predicted octanol–water partition coefficient (Wildman–Crippen LogP) is 5.04. The molecule has 0 radical (unpaired) electrons. The minimum atomic E-state index is -0.0311. The first kappa shape index (κ1) is 18.9. The summed E-state index contributed by atoms with van der Waals surface area (Å²) in [5, 5.41) is 0. The summed E-state index contributed by atoms with van der Waals surface area (Å²) in [5.74, 6) is 2.51. The van der Waals surface area contributed by atoms with E-state index in [4.69, 9.17) is 19.2 Å². The molecule has 1 aliphatic rings. The van der Waals surface area contributed by atoms with E-state index in [0.717, 1.165) is 28.5 Å². The lowest BCUT2D eigenvalue weighted by Crippen LogP contribution is -2.25. The summed E-state index contributed by atoms with van der Waals surface area (Å²) in [6.45, 7) is 0. The maximum atomic E-state index is 5.33. The highest BCUT2D eigenvalue weighted by Gasteiger charge is 2.34. The van der Waals surface area contributed by atoms with Crippen molar-refractivity contribution in [2.45, 2.75) is 12.1 Å². The molecule has 1 heterocycles. The number of rotatable bonds is 6. The van der Waals surface area contributed by atoms with Crippen molar-refractivity contribution in [1.29, 1.82) is 0 Å². The molecule has 0 amide bonds. The van der Waals surface area contributed by atoms with E-state index in [9.17, 15) is 0 Å². The second-order valence-electron chi connectivity index (χ2n) is 6.81. The molecule has 148 valence electrons. The van der Waals surface area contributed by atoms with Gasteiger partial charge in [-0.15, -0.1) is 0 Å². The molecule has 5 heteroatoms. The van der Waals surface area contributed by atoms with Gasteiger partial charge >= 0.3 is 0 Å². The third kappa shape index (κ3) is 3.76. The van der Waals surface area contributed by atoms with Crippen molar-refractivity contribution in [3.8, 4) is 17.2 Å². The lowest BCUT2D eigenvalue weighted by atomic mass is 9.93. The highest BCUT2D eigenvalue weighted by molar-refractivity contribution is 5.83. The highest BCUT2D eigenvalue weighted by Crippen LogP contribution is 2.43. The van der Waals surface area contributed by atoms with Gasteiger partial charge in [-0.25, -0.2) is 0 Å². The van der Waals surface area contributed by atoms with Crippen LogP contribution in [0.4, 0.5) is 5.69 Å². The van der Waals surface area contributed by atoms with Crippen LogP contribution >= 0.6 is 0 Å². The smallest absolute Gasteiger partial charge is 0.119 e. The van der Waals surface area contributed by atoms with Crippen molar-refractivity contribution in [3.63, 3.8) is 0 Å². The molecule has 0 aliphatic carbocycles. The van der Waals surface area contributed by atoms with Crippen molar-refractivity contribution in [1.82, 2.24) is 0 Å². The zero-order valence-corrected chi connectivity index (χ0v) is 16.8. The molecule has 0 bridgehead atoms. The van der Waals surface area contributed by atoms with E-state index in [1.807, 2.05) is 42.7 Å². The largest absolute Gasteiger partial charge is 0.497 e. The zero-order valence-electron chi connectivity index (χ0n) is 16.8. The van der Waals surface area contributed by atoms with Crippen LogP contribution in [0.25, 0.3) is 0 Å². The van der Waals surface area contributed by atoms with Crippen LogP contribution in [0.5, 0.6) is 17.2 Å². The molecule has 0 spiro atoms. The average Bonchev–Trinajstić information content (AvgIpc) is 3.24. The minimum Gasteiger partial charge on any atom is -0.497 e. The predicted molar refractivity (Wildman–Crippen MR) is 115 cm³/mol. The summed E-state index contributed by atoms with van der Waals surface area (Å²) >= 11 is 0. The molecule has 0 saturated heterocycles. The standard InChI is InChI=1S/C24H24N2O3/c1-27-20-10-4-17(5-11-20)23-24(18-6-12-21(28-2)13-7-18)26(16-25-23)19-8-14-22(29-3)15-9-19/h4-16,23-24H,1-3H3/t23-,24+/m1/s1. The van der Waals surface area contributed by atoms with Gasteiger partial charge in [-0.2, -0.15) is 0 Å². The fourth-order valence-electron chi connectivity index (χ4n) is 3.64. The van der Waals surface area contributed by atoms with Gasteiger partial charge in [0.1, 0.15) is 23.3 Å². The minimum absolute atomic E-state index is 0.0303. The maximum Gasteiger partial charge on any atom is 0.119 e. The van der Waals surface area contributed by atoms with Crippen LogP contribution in [0.1, 0.15) is 23.2 Å². The van der Waals surface area contributed by atoms with Gasteiger partial charge < -0.3 is 19.1 Å². The van der Waals surface area contributed by atoms with E-state index in [-0.39, 0.29) is 12.1 Å². The van der Waals surface area contributed by atoms with E-state index in [0.29, 0.717) is 0 Å². The first-order valence-electron chi connectivity index (χ1n) is 9.47. The van der Waals surface area contributed by atoms with Crippen molar-refractivity contribution in [2.24, 2.45) is 4.99 Å². The SMILES string of the molecule is COc1ccc([C@H]2N=CN(c3ccc(OC)cc3)[C@H]2c2ccc(OC)cc2)cc1. The molecule has 2 atom stereocenters. The van der Waals surface area contributed by atoms with E-state index >= 15 is 0 Å². The summed E-state index contributed by atoms with van der Waals surface area (Å²) in [5.41, 5.74) is 3.37. The molecule has 5 nitrogen and oxygen atoms in total. The lowest BCUT2D eigenvalue weighted by Gasteiger charge is -2.29. The van der Waals surface area contributed by atoms with E-state index in [1.54, 1.807) is 21.3 Å². The van der Waals surface area contributed by atoms with Crippen LogP contribution in [0, 0.1) is 0 Å². The Bertz CT molecular complexity index is 909. The summed E-state index contributed by atoms with van der Waals surface area (Å²) in [7, 11) is 5.03. The number of hydrogen-bond acceptors (Lipinski definition) is 5. The molecule has 29 heavy (non-hydrogen) atoms. The molecular formula is C24H24N2O3. The topological polar surface area (TPSA) is 43.3 Å². The van der Waals surface area contributed by atoms with Crippen molar-refractivity contribution in [2.75, 3.05) is 26.2 Å². The van der Waals surface area contributed by atoms with Gasteiger partial charge in [0.05, 0.1) is 33.7 Å². The van der Waals surface area contributed by atoms with Crippen LogP contribution in [0.3, 0.4) is 0 Å². The molecule has 0 fully saturated rings. The van der Waals surface area contributed by atoms with Gasteiger partial charge in [0.15, 0.2) is 0 Å². The first-order chi connectivity index (χ1) is 14.2. The van der Waals surface area contributed by atoms with Gasteiger partial charge in [0.25, 0.3) is 0 Å². The normalized spacial score (nSPS) is 18.0. The summed E-state index contributed by atoms with van der Waals surface area (Å²) in [6.07, 6.45) is 1.92. The summed E-state index contributed by atoms with van der Waals surface area (Å²) < 4.78 is 15.9. The Morgan fingerprint density at radius 3 is 1.55 bits per heavy atom. The second-order valence-corrected chi connectivity index (χ2v) is 6.81. The number of ether oxygens (including phenoxy) is 3. The van der Waals surface area contributed by atoms with Crippen LogP contribution in [-0.2, 0) is 0 Å². The number of benzene rings is 3. The number of hydrogen-bond donors (Lipinski definition) is 0. The Kier molecular flexibility index (Phi) is 5.38. The third-order valence-electron chi connectivity index (χ3n) is 5.24. The Hall–Kier alpha value is -3.47. The average molecular weight is 388 g/mol. The van der Waals surface area contributed by atoms with Crippen LogP contribution in [0.15, 0.2) is 77.8 Å². The number of methoxy groups -OCH3 is 3. The fraction of sp³-hybridized carbons (Fsp3) is 0.208. The molecule has 0 unspecified atom stereocenters. The fourth-order valence-corrected chi connectivity index (χ4v) is 3.64. The Balaban J connectivity index is 1.72. The van der Waals surface area contributed by atoms with Crippen LogP contribution in [-0.4, -0.2) is 27.7 Å². The number of nitrogens with zero attached hydrogens (tertiary/aromatic N) is 2. The molecule has 1 aliphatic heterocycles. The van der Waals surface area contributed by atoms with Crippen LogP contribution in [0.2, 0.25) is 0 Å². The van der Waals surface area contributed by atoms with Crippen LogP contribution < -0.4 is 19.1 Å². The van der Waals surface area contributed by atoms with Gasteiger partial charge in [-0.1, -0.05) is 24.3 Å². The van der Waals surface area contributed by atoms with E-state index in [1.165, 1.54) is 5.56 Å². The van der Waals surface area contributed by atoms with E-state index < -0.39 is 0 Å². The second kappa shape index (κ2) is 8.27. The Morgan fingerprint density at radius 2 is 1.07 bits per heavy atom. The van der Waals surface area contributed by atoms with Gasteiger partial charge in [-0.3, -0.25) is 4.99 Å². The Labute approximate surface area is 171 Å². The van der Waals surface area contributed by atoms with E-state index in [2.05, 4.69) is 41.3 Å². The number of aliphatic imine (C=N–C) groups is 1. The van der Waals surface area contributed by atoms with Gasteiger partial charge in [0, 0.05) is 5.69 Å². The molecule has 0 saturated carbocycles. The monoisotopic (exact) mass is 388 g/mol. The molecule has 4 rings (SSSR count). The summed E-state index contributed by atoms with van der Waals surface area (Å²) in [6, 6.07) is 24.3. The van der Waals surface area contributed by atoms with Gasteiger partial charge in [-0.05, 0) is 59.7 Å². The third-order valence-corrected chi connectivity index (χ3v) is 5.24.